The minimum Gasteiger partial charge on any atom is -0.481 e. The number of carbonyl (C=O) groups is 2. The third kappa shape index (κ3) is 3.31. The second-order valence-electron chi connectivity index (χ2n) is 4.92. The number of nitrogens with one attached hydrogen (secondary N) is 1. The summed E-state index contributed by atoms with van der Waals surface area (Å²) in [5, 5.41) is 12.0. The highest BCUT2D eigenvalue weighted by Crippen LogP contribution is 2.31. The lowest BCUT2D eigenvalue weighted by Gasteiger charge is -2.27. The number of thioether (sulfide) groups is 1. The van der Waals surface area contributed by atoms with Gasteiger partial charge >= 0.3 is 12.0 Å². The van der Waals surface area contributed by atoms with E-state index in [1.807, 2.05) is 16.7 Å². The molecule has 0 spiro atoms. The molecule has 1 saturated carbocycles. The normalized spacial score (nSPS) is 28.1. The van der Waals surface area contributed by atoms with Crippen LogP contribution in [0.4, 0.5) is 4.79 Å². The van der Waals surface area contributed by atoms with E-state index in [-0.39, 0.29) is 17.9 Å². The van der Waals surface area contributed by atoms with E-state index in [9.17, 15) is 9.59 Å². The first-order valence-corrected chi connectivity index (χ1v) is 7.67. The van der Waals surface area contributed by atoms with Gasteiger partial charge in [0.25, 0.3) is 0 Å². The third-order valence-electron chi connectivity index (χ3n) is 3.79. The van der Waals surface area contributed by atoms with Crippen LogP contribution < -0.4 is 5.32 Å². The highest BCUT2D eigenvalue weighted by atomic mass is 32.2. The molecule has 0 aromatic heterocycles. The Morgan fingerprint density at radius 3 is 2.67 bits per heavy atom. The van der Waals surface area contributed by atoms with Crippen molar-refractivity contribution in [3.63, 3.8) is 0 Å². The molecule has 0 aromatic rings. The topological polar surface area (TPSA) is 69.6 Å². The number of carboxylic acid groups (broad SMARTS) is 1. The molecule has 0 bridgehead atoms. The van der Waals surface area contributed by atoms with Gasteiger partial charge < -0.3 is 15.3 Å². The summed E-state index contributed by atoms with van der Waals surface area (Å²) in [6.45, 7) is 2.09. The van der Waals surface area contributed by atoms with Crippen LogP contribution in [0.15, 0.2) is 0 Å². The van der Waals surface area contributed by atoms with E-state index in [4.69, 9.17) is 5.11 Å². The van der Waals surface area contributed by atoms with E-state index in [0.717, 1.165) is 43.9 Å². The first kappa shape index (κ1) is 13.5. The van der Waals surface area contributed by atoms with Crippen molar-refractivity contribution in [2.45, 2.75) is 19.3 Å². The smallest absolute Gasteiger partial charge is 0.317 e. The van der Waals surface area contributed by atoms with Crippen LogP contribution in [0.2, 0.25) is 0 Å². The van der Waals surface area contributed by atoms with Crippen molar-refractivity contribution in [2.75, 3.05) is 31.1 Å². The number of rotatable bonds is 3. The molecule has 2 rings (SSSR count). The van der Waals surface area contributed by atoms with E-state index < -0.39 is 5.97 Å². The van der Waals surface area contributed by atoms with Gasteiger partial charge in [-0.25, -0.2) is 4.79 Å². The first-order valence-electron chi connectivity index (χ1n) is 6.52. The van der Waals surface area contributed by atoms with Crippen LogP contribution in [0.3, 0.4) is 0 Å². The van der Waals surface area contributed by atoms with Gasteiger partial charge in [0.05, 0.1) is 5.92 Å². The standard InChI is InChI=1S/C12H20N2O3S/c15-11(16)10-3-1-2-9(10)8-13-12(17)14-4-6-18-7-5-14/h9-10H,1-8H2,(H,13,17)(H,15,16). The van der Waals surface area contributed by atoms with Gasteiger partial charge in [0.2, 0.25) is 0 Å². The maximum atomic E-state index is 11.9. The van der Waals surface area contributed by atoms with Crippen LogP contribution in [-0.4, -0.2) is 53.1 Å². The van der Waals surface area contributed by atoms with E-state index in [2.05, 4.69) is 5.32 Å². The molecule has 2 N–H and O–H groups in total. The van der Waals surface area contributed by atoms with Crippen LogP contribution in [-0.2, 0) is 4.79 Å². The van der Waals surface area contributed by atoms with Crippen LogP contribution in [0.5, 0.6) is 0 Å². The van der Waals surface area contributed by atoms with Gasteiger partial charge in [-0.3, -0.25) is 4.79 Å². The summed E-state index contributed by atoms with van der Waals surface area (Å²) in [5.74, 6) is 1.09. The molecule has 0 radical (unpaired) electrons. The average Bonchev–Trinajstić information content (AvgIpc) is 2.85. The summed E-state index contributed by atoms with van der Waals surface area (Å²) in [5.41, 5.74) is 0. The van der Waals surface area contributed by atoms with E-state index in [1.165, 1.54) is 0 Å². The molecule has 0 aromatic carbocycles. The number of urea groups is 1. The van der Waals surface area contributed by atoms with Gasteiger partial charge in [0.1, 0.15) is 0 Å². The number of nitrogens with zero attached hydrogens (tertiary/aromatic N) is 1. The molecule has 5 nitrogen and oxygen atoms in total. The summed E-state index contributed by atoms with van der Waals surface area (Å²) in [6, 6.07) is -0.0358. The zero-order valence-corrected chi connectivity index (χ0v) is 11.2. The first-order chi connectivity index (χ1) is 8.68. The van der Waals surface area contributed by atoms with Crippen molar-refractivity contribution in [1.29, 1.82) is 0 Å². The lowest BCUT2D eigenvalue weighted by atomic mass is 9.96. The van der Waals surface area contributed by atoms with Gasteiger partial charge in [-0.05, 0) is 18.8 Å². The van der Waals surface area contributed by atoms with Crippen LogP contribution >= 0.6 is 11.8 Å². The van der Waals surface area contributed by atoms with Gasteiger partial charge in [0, 0.05) is 31.1 Å². The fraction of sp³-hybridized carbons (Fsp3) is 0.833. The van der Waals surface area contributed by atoms with Crippen molar-refractivity contribution in [2.24, 2.45) is 11.8 Å². The summed E-state index contributed by atoms with van der Waals surface area (Å²) < 4.78 is 0. The number of amides is 2. The molecule has 2 amide bonds. The maximum absolute atomic E-state index is 11.9. The number of hydrogen-bond donors (Lipinski definition) is 2. The SMILES string of the molecule is O=C(O)C1CCCC1CNC(=O)N1CCSCC1. The summed E-state index contributed by atoms with van der Waals surface area (Å²) in [7, 11) is 0. The molecular weight excluding hydrogens is 252 g/mol. The molecule has 1 aliphatic carbocycles. The van der Waals surface area contributed by atoms with Crippen LogP contribution in [0, 0.1) is 11.8 Å². The Morgan fingerprint density at radius 1 is 1.28 bits per heavy atom. The highest BCUT2D eigenvalue weighted by molar-refractivity contribution is 7.99. The van der Waals surface area contributed by atoms with Crippen molar-refractivity contribution in [3.05, 3.63) is 0 Å². The number of carbonyl (C=O) groups excluding carboxylic acids is 1. The molecule has 2 atom stereocenters. The van der Waals surface area contributed by atoms with E-state index in [1.54, 1.807) is 0 Å². The van der Waals surface area contributed by atoms with Gasteiger partial charge in [-0.1, -0.05) is 6.42 Å². The zero-order valence-electron chi connectivity index (χ0n) is 10.4. The Kier molecular flexibility index (Phi) is 4.74. The third-order valence-corrected chi connectivity index (χ3v) is 4.73. The number of carboxylic acids is 1. The number of hydrogen-bond acceptors (Lipinski definition) is 3. The summed E-state index contributed by atoms with van der Waals surface area (Å²) in [4.78, 5) is 24.7. The predicted octanol–water partition coefficient (Wildman–Crippen LogP) is 1.25. The van der Waals surface area contributed by atoms with Gasteiger partial charge in [-0.2, -0.15) is 11.8 Å². The Labute approximate surface area is 111 Å². The Bertz CT molecular complexity index is 318. The second kappa shape index (κ2) is 6.31. The largest absolute Gasteiger partial charge is 0.481 e. The molecule has 1 heterocycles. The fourth-order valence-electron chi connectivity index (χ4n) is 2.70. The molecule has 1 saturated heterocycles. The van der Waals surface area contributed by atoms with Crippen molar-refractivity contribution < 1.29 is 14.7 Å². The van der Waals surface area contributed by atoms with Gasteiger partial charge in [0.15, 0.2) is 0 Å². The van der Waals surface area contributed by atoms with Crippen molar-refractivity contribution >= 4 is 23.8 Å². The Balaban J connectivity index is 1.76. The predicted molar refractivity (Wildman–Crippen MR) is 70.8 cm³/mol. The highest BCUT2D eigenvalue weighted by Gasteiger charge is 2.33. The number of aliphatic carboxylic acids is 1. The molecule has 2 fully saturated rings. The fourth-order valence-corrected chi connectivity index (χ4v) is 3.61. The summed E-state index contributed by atoms with van der Waals surface area (Å²) in [6.07, 6.45) is 2.61. The molecule has 2 aliphatic rings. The molecule has 102 valence electrons. The molecular formula is C12H20N2O3S. The monoisotopic (exact) mass is 272 g/mol. The summed E-state index contributed by atoms with van der Waals surface area (Å²) >= 11 is 1.86. The molecule has 6 heteroatoms. The lowest BCUT2D eigenvalue weighted by molar-refractivity contribution is -0.142. The lowest BCUT2D eigenvalue weighted by Crippen LogP contribution is -2.46. The second-order valence-corrected chi connectivity index (χ2v) is 6.15. The van der Waals surface area contributed by atoms with E-state index in [0.29, 0.717) is 6.54 Å². The van der Waals surface area contributed by atoms with Crippen LogP contribution in [0.1, 0.15) is 19.3 Å². The molecule has 2 unspecified atom stereocenters. The van der Waals surface area contributed by atoms with Crippen LogP contribution in [0.25, 0.3) is 0 Å². The quantitative estimate of drug-likeness (QED) is 0.811. The average molecular weight is 272 g/mol. The molecule has 1 aliphatic heterocycles. The maximum Gasteiger partial charge on any atom is 0.317 e. The van der Waals surface area contributed by atoms with Crippen molar-refractivity contribution in [3.8, 4) is 0 Å². The van der Waals surface area contributed by atoms with Gasteiger partial charge in [-0.15, -0.1) is 0 Å². The van der Waals surface area contributed by atoms with Crippen molar-refractivity contribution in [1.82, 2.24) is 10.2 Å². The molecule has 18 heavy (non-hydrogen) atoms. The Hall–Kier alpha value is -0.910. The minimum absolute atomic E-state index is 0.0358. The zero-order chi connectivity index (χ0) is 13.0. The minimum atomic E-state index is -0.721. The Morgan fingerprint density at radius 2 is 2.00 bits per heavy atom. The van der Waals surface area contributed by atoms with E-state index >= 15 is 0 Å².